The number of nitrogens with one attached hydrogen (secondary N) is 3. The molecule has 1 aromatic heterocycles. The molecule has 3 N–H and O–H groups in total. The van der Waals surface area contributed by atoms with E-state index in [2.05, 4.69) is 37.6 Å². The molecular formula is C23H21BrN4O3. The summed E-state index contributed by atoms with van der Waals surface area (Å²) in [4.78, 5) is 43.3. The number of aromatic nitrogens is 1. The minimum atomic E-state index is -0.742. The van der Waals surface area contributed by atoms with Crippen LogP contribution < -0.4 is 10.6 Å². The van der Waals surface area contributed by atoms with Gasteiger partial charge in [0, 0.05) is 47.0 Å². The van der Waals surface area contributed by atoms with Gasteiger partial charge in [-0.15, -0.1) is 0 Å². The number of rotatable bonds is 3. The lowest BCUT2D eigenvalue weighted by Gasteiger charge is -2.28. The van der Waals surface area contributed by atoms with Gasteiger partial charge in [0.2, 0.25) is 11.8 Å². The van der Waals surface area contributed by atoms with Gasteiger partial charge >= 0.3 is 0 Å². The number of para-hydroxylation sites is 2. The summed E-state index contributed by atoms with van der Waals surface area (Å²) in [6.07, 6.45) is 1.21. The van der Waals surface area contributed by atoms with Crippen LogP contribution in [-0.4, -0.2) is 40.2 Å². The largest absolute Gasteiger partial charge is 0.357 e. The molecule has 0 saturated heterocycles. The third-order valence-corrected chi connectivity index (χ3v) is 6.67. The van der Waals surface area contributed by atoms with Crippen molar-refractivity contribution >= 4 is 50.2 Å². The predicted molar refractivity (Wildman–Crippen MR) is 121 cm³/mol. The summed E-state index contributed by atoms with van der Waals surface area (Å²) in [5.41, 5.74) is 4.29. The lowest BCUT2D eigenvalue weighted by Crippen LogP contribution is -2.42. The molecule has 2 aliphatic heterocycles. The summed E-state index contributed by atoms with van der Waals surface area (Å²) in [6, 6.07) is 12.2. The lowest BCUT2D eigenvalue weighted by atomic mass is 10.0. The first-order chi connectivity index (χ1) is 15.0. The van der Waals surface area contributed by atoms with Gasteiger partial charge in [-0.25, -0.2) is 0 Å². The number of aromatic amines is 1. The summed E-state index contributed by atoms with van der Waals surface area (Å²) in [5.74, 6) is -0.620. The van der Waals surface area contributed by atoms with Crippen molar-refractivity contribution in [2.75, 3.05) is 11.9 Å². The zero-order chi connectivity index (χ0) is 21.5. The van der Waals surface area contributed by atoms with E-state index in [-0.39, 0.29) is 30.6 Å². The molecule has 0 fully saturated rings. The Labute approximate surface area is 187 Å². The predicted octanol–water partition coefficient (Wildman–Crippen LogP) is 3.35. The number of carbonyl (C=O) groups excluding carboxylic acids is 3. The maximum Gasteiger partial charge on any atom is 0.254 e. The summed E-state index contributed by atoms with van der Waals surface area (Å²) >= 11 is 3.58. The Kier molecular flexibility index (Phi) is 5.02. The van der Waals surface area contributed by atoms with Gasteiger partial charge in [0.05, 0.1) is 16.8 Å². The molecular weight excluding hydrogens is 460 g/mol. The maximum absolute atomic E-state index is 12.9. The molecule has 7 nitrogen and oxygen atoms in total. The van der Waals surface area contributed by atoms with Crippen molar-refractivity contribution in [3.05, 3.63) is 63.8 Å². The van der Waals surface area contributed by atoms with Crippen LogP contribution in [0.3, 0.4) is 0 Å². The number of H-pyrrole nitrogens is 1. The first-order valence-electron chi connectivity index (χ1n) is 10.3. The monoisotopic (exact) mass is 480 g/mol. The molecule has 8 heteroatoms. The van der Waals surface area contributed by atoms with Gasteiger partial charge in [-0.1, -0.05) is 24.3 Å². The molecule has 0 aliphatic carbocycles. The molecule has 5 rings (SSSR count). The number of fused-ring (bicyclic) bond motifs is 4. The second-order valence-corrected chi connectivity index (χ2v) is 8.76. The van der Waals surface area contributed by atoms with Crippen LogP contribution in [0.15, 0.2) is 46.9 Å². The summed E-state index contributed by atoms with van der Waals surface area (Å²) in [6.45, 7) is 1.17. The van der Waals surface area contributed by atoms with Crippen molar-refractivity contribution in [2.24, 2.45) is 0 Å². The molecule has 158 valence electrons. The fourth-order valence-electron chi connectivity index (χ4n) is 4.36. The maximum atomic E-state index is 12.9. The fraction of sp³-hybridized carbons (Fsp3) is 0.261. The number of amides is 3. The number of halogens is 1. The molecule has 0 bridgehead atoms. The van der Waals surface area contributed by atoms with Crippen LogP contribution in [0.1, 0.15) is 34.5 Å². The van der Waals surface area contributed by atoms with Crippen molar-refractivity contribution in [3.8, 4) is 0 Å². The van der Waals surface area contributed by atoms with Gasteiger partial charge in [0.25, 0.3) is 5.91 Å². The van der Waals surface area contributed by atoms with E-state index in [9.17, 15) is 14.4 Å². The molecule has 0 spiro atoms. The van der Waals surface area contributed by atoms with Crippen molar-refractivity contribution in [1.29, 1.82) is 0 Å². The van der Waals surface area contributed by atoms with Crippen LogP contribution in [-0.2, 0) is 22.6 Å². The van der Waals surface area contributed by atoms with E-state index < -0.39 is 6.04 Å². The summed E-state index contributed by atoms with van der Waals surface area (Å²) < 4.78 is 1.01. The van der Waals surface area contributed by atoms with Gasteiger partial charge < -0.3 is 20.5 Å². The van der Waals surface area contributed by atoms with Crippen LogP contribution in [0.25, 0.3) is 10.9 Å². The van der Waals surface area contributed by atoms with E-state index in [1.54, 1.807) is 24.3 Å². The van der Waals surface area contributed by atoms with E-state index in [1.165, 1.54) is 5.69 Å². The fourth-order valence-corrected chi connectivity index (χ4v) is 4.82. The van der Waals surface area contributed by atoms with Crippen LogP contribution in [0.2, 0.25) is 0 Å². The van der Waals surface area contributed by atoms with E-state index in [0.717, 1.165) is 27.4 Å². The topological polar surface area (TPSA) is 94.3 Å². The Morgan fingerprint density at radius 3 is 2.84 bits per heavy atom. The van der Waals surface area contributed by atoms with Crippen molar-refractivity contribution in [2.45, 2.75) is 31.8 Å². The van der Waals surface area contributed by atoms with Gasteiger partial charge in [-0.2, -0.15) is 0 Å². The van der Waals surface area contributed by atoms with Crippen molar-refractivity contribution < 1.29 is 14.4 Å². The quantitative estimate of drug-likeness (QED) is 0.536. The van der Waals surface area contributed by atoms with Gasteiger partial charge in [-0.3, -0.25) is 14.4 Å². The highest BCUT2D eigenvalue weighted by molar-refractivity contribution is 9.10. The van der Waals surface area contributed by atoms with Crippen molar-refractivity contribution in [1.82, 2.24) is 15.2 Å². The first-order valence-corrected chi connectivity index (χ1v) is 11.1. The third-order valence-electron chi connectivity index (χ3n) is 6.01. The van der Waals surface area contributed by atoms with E-state index >= 15 is 0 Å². The average Bonchev–Trinajstić information content (AvgIpc) is 3.10. The van der Waals surface area contributed by atoms with Crippen molar-refractivity contribution in [3.63, 3.8) is 0 Å². The number of carbonyl (C=O) groups is 3. The molecule has 31 heavy (non-hydrogen) atoms. The normalized spacial score (nSPS) is 18.1. The minimum Gasteiger partial charge on any atom is -0.357 e. The molecule has 3 heterocycles. The number of benzene rings is 2. The smallest absolute Gasteiger partial charge is 0.254 e. The minimum absolute atomic E-state index is 0.0150. The Morgan fingerprint density at radius 1 is 1.13 bits per heavy atom. The second-order valence-electron chi connectivity index (χ2n) is 7.91. The standard InChI is InChI=1S/C23H21BrN4O3/c24-16-6-3-5-13-15-12-28(11-10-18(15)25-21(13)16)20(29)9-8-19-23(31)26-17-7-2-1-4-14(17)22(30)27-19/h1-7,19,25H,8-12H2,(H,26,31)(H,27,30)/t19-/m1/s1. The lowest BCUT2D eigenvalue weighted by molar-refractivity contribution is -0.132. The van der Waals surface area contributed by atoms with Crippen LogP contribution in [0.5, 0.6) is 0 Å². The molecule has 3 amide bonds. The van der Waals surface area contributed by atoms with Crippen LogP contribution >= 0.6 is 15.9 Å². The molecule has 0 radical (unpaired) electrons. The molecule has 2 aromatic carbocycles. The van der Waals surface area contributed by atoms with Gasteiger partial charge in [0.1, 0.15) is 6.04 Å². The molecule has 2 aliphatic rings. The number of anilines is 1. The summed E-state index contributed by atoms with van der Waals surface area (Å²) in [5, 5.41) is 6.66. The Balaban J connectivity index is 1.26. The van der Waals surface area contributed by atoms with Gasteiger partial charge in [-0.05, 0) is 40.5 Å². The highest BCUT2D eigenvalue weighted by Gasteiger charge is 2.30. The number of nitrogens with zero attached hydrogens (tertiary/aromatic N) is 1. The Bertz CT molecular complexity index is 1220. The van der Waals surface area contributed by atoms with E-state index in [1.807, 2.05) is 17.0 Å². The van der Waals surface area contributed by atoms with Crippen LogP contribution in [0.4, 0.5) is 5.69 Å². The SMILES string of the molecule is O=C1N[C@H](CCC(=O)N2CCc3[nH]c4c(Br)cccc4c3C2)C(=O)Nc2ccccc21. The average molecular weight is 481 g/mol. The van der Waals surface area contributed by atoms with Gasteiger partial charge in [0.15, 0.2) is 0 Å². The van der Waals surface area contributed by atoms with Crippen LogP contribution in [0, 0.1) is 0 Å². The Morgan fingerprint density at radius 2 is 1.97 bits per heavy atom. The first kappa shape index (κ1) is 19.8. The zero-order valence-electron chi connectivity index (χ0n) is 16.7. The van der Waals surface area contributed by atoms with E-state index in [4.69, 9.17) is 0 Å². The third kappa shape index (κ3) is 3.61. The summed E-state index contributed by atoms with van der Waals surface area (Å²) in [7, 11) is 0. The van der Waals surface area contributed by atoms with E-state index in [0.29, 0.717) is 24.3 Å². The Hall–Kier alpha value is -3.13. The molecule has 0 unspecified atom stereocenters. The molecule has 0 saturated carbocycles. The number of hydrogen-bond donors (Lipinski definition) is 3. The highest BCUT2D eigenvalue weighted by atomic mass is 79.9. The molecule has 1 atom stereocenters. The highest BCUT2D eigenvalue weighted by Crippen LogP contribution is 2.32. The second kappa shape index (κ2) is 7.85. The molecule has 3 aromatic rings. The zero-order valence-corrected chi connectivity index (χ0v) is 18.3. The number of hydrogen-bond acceptors (Lipinski definition) is 3.